The largest absolute Gasteiger partial charge is 0.494 e. The van der Waals surface area contributed by atoms with Crippen molar-refractivity contribution in [2.45, 2.75) is 27.7 Å². The van der Waals surface area contributed by atoms with E-state index in [-0.39, 0.29) is 5.97 Å². The lowest BCUT2D eigenvalue weighted by atomic mass is 10.2. The molecule has 0 saturated heterocycles. The molecule has 0 radical (unpaired) electrons. The second-order valence-corrected chi connectivity index (χ2v) is 4.55. The van der Waals surface area contributed by atoms with Gasteiger partial charge in [-0.3, -0.25) is 0 Å². The fourth-order valence-electron chi connectivity index (χ4n) is 1.52. The van der Waals surface area contributed by atoms with Crippen molar-refractivity contribution in [3.8, 4) is 11.5 Å². The van der Waals surface area contributed by atoms with Gasteiger partial charge in [-0.15, -0.1) is 0 Å². The van der Waals surface area contributed by atoms with E-state index < -0.39 is 0 Å². The number of hydrogen-bond donors (Lipinski definition) is 0. The summed E-state index contributed by atoms with van der Waals surface area (Å²) in [5, 5.41) is 0. The Balaban J connectivity index is 2.88. The molecule has 1 rings (SSSR count). The van der Waals surface area contributed by atoms with E-state index in [9.17, 15) is 4.79 Å². The van der Waals surface area contributed by atoms with Crippen LogP contribution in [0.15, 0.2) is 18.2 Å². The second-order valence-electron chi connectivity index (χ2n) is 4.55. The molecular formula is C15H22O4. The zero-order valence-corrected chi connectivity index (χ0v) is 12.1. The van der Waals surface area contributed by atoms with E-state index in [1.807, 2.05) is 27.7 Å². The van der Waals surface area contributed by atoms with E-state index in [2.05, 4.69) is 0 Å². The molecule has 0 unspecified atom stereocenters. The highest BCUT2D eigenvalue weighted by molar-refractivity contribution is 5.90. The molecular weight excluding hydrogens is 244 g/mol. The Morgan fingerprint density at radius 2 is 1.58 bits per heavy atom. The third-order valence-electron chi connectivity index (χ3n) is 2.29. The van der Waals surface area contributed by atoms with Crippen LogP contribution in [0.2, 0.25) is 0 Å². The van der Waals surface area contributed by atoms with Crippen molar-refractivity contribution in [2.24, 2.45) is 5.92 Å². The molecule has 4 heteroatoms. The lowest BCUT2D eigenvalue weighted by molar-refractivity contribution is 0.0458. The monoisotopic (exact) mass is 266 g/mol. The van der Waals surface area contributed by atoms with Crippen molar-refractivity contribution >= 4 is 5.97 Å². The van der Waals surface area contributed by atoms with Gasteiger partial charge in [-0.05, 0) is 31.9 Å². The minimum absolute atomic E-state index is 0.311. The number of benzene rings is 1. The Kier molecular flexibility index (Phi) is 6.19. The Hall–Kier alpha value is -1.71. The van der Waals surface area contributed by atoms with Crippen molar-refractivity contribution in [3.05, 3.63) is 23.8 Å². The lowest BCUT2D eigenvalue weighted by Gasteiger charge is -2.11. The Bertz CT molecular complexity index is 388. The van der Waals surface area contributed by atoms with Crippen LogP contribution in [-0.2, 0) is 4.74 Å². The van der Waals surface area contributed by atoms with Crippen molar-refractivity contribution in [3.63, 3.8) is 0 Å². The summed E-state index contributed by atoms with van der Waals surface area (Å²) in [6, 6.07) is 5.12. The van der Waals surface area contributed by atoms with Crippen LogP contribution in [0, 0.1) is 5.92 Å². The average Bonchev–Trinajstić information content (AvgIpc) is 2.36. The Morgan fingerprint density at radius 1 is 1.05 bits per heavy atom. The van der Waals surface area contributed by atoms with Gasteiger partial charge in [-0.2, -0.15) is 0 Å². The number of carbonyl (C=O) groups excluding carboxylic acids is 1. The summed E-state index contributed by atoms with van der Waals surface area (Å²) in [6.07, 6.45) is 0. The third kappa shape index (κ3) is 5.20. The van der Waals surface area contributed by atoms with Crippen LogP contribution in [0.25, 0.3) is 0 Å². The molecule has 4 nitrogen and oxygen atoms in total. The summed E-state index contributed by atoms with van der Waals surface area (Å²) in [4.78, 5) is 11.9. The fraction of sp³-hybridized carbons (Fsp3) is 0.533. The molecule has 0 heterocycles. The molecule has 19 heavy (non-hydrogen) atoms. The summed E-state index contributed by atoms with van der Waals surface area (Å²) >= 11 is 0. The van der Waals surface area contributed by atoms with Gasteiger partial charge in [-0.1, -0.05) is 13.8 Å². The fourth-order valence-corrected chi connectivity index (χ4v) is 1.52. The highest BCUT2D eigenvalue weighted by Crippen LogP contribution is 2.23. The van der Waals surface area contributed by atoms with E-state index in [4.69, 9.17) is 14.2 Å². The zero-order chi connectivity index (χ0) is 14.3. The van der Waals surface area contributed by atoms with Crippen molar-refractivity contribution in [1.82, 2.24) is 0 Å². The maximum Gasteiger partial charge on any atom is 0.338 e. The first-order valence-corrected chi connectivity index (χ1v) is 6.64. The molecule has 0 N–H and O–H groups in total. The summed E-state index contributed by atoms with van der Waals surface area (Å²) in [5.41, 5.74) is 0.454. The second kappa shape index (κ2) is 7.67. The van der Waals surface area contributed by atoms with Gasteiger partial charge in [0.25, 0.3) is 0 Å². The first-order chi connectivity index (χ1) is 9.06. The van der Waals surface area contributed by atoms with Crippen LogP contribution in [0.3, 0.4) is 0 Å². The zero-order valence-electron chi connectivity index (χ0n) is 12.1. The van der Waals surface area contributed by atoms with Crippen molar-refractivity contribution < 1.29 is 19.0 Å². The van der Waals surface area contributed by atoms with Crippen LogP contribution in [0.5, 0.6) is 11.5 Å². The molecule has 0 bridgehead atoms. The van der Waals surface area contributed by atoms with Gasteiger partial charge >= 0.3 is 5.97 Å². The highest BCUT2D eigenvalue weighted by Gasteiger charge is 2.12. The number of hydrogen-bond acceptors (Lipinski definition) is 4. The van der Waals surface area contributed by atoms with Crippen molar-refractivity contribution in [2.75, 3.05) is 19.8 Å². The summed E-state index contributed by atoms with van der Waals surface area (Å²) in [7, 11) is 0. The van der Waals surface area contributed by atoms with Crippen LogP contribution < -0.4 is 9.47 Å². The molecule has 0 spiro atoms. The van der Waals surface area contributed by atoms with Crippen LogP contribution >= 0.6 is 0 Å². The van der Waals surface area contributed by atoms with E-state index in [0.717, 1.165) is 0 Å². The molecule has 1 aromatic rings. The number of ether oxygens (including phenoxy) is 3. The average molecular weight is 266 g/mol. The minimum atomic E-state index is -0.351. The van der Waals surface area contributed by atoms with Crippen LogP contribution in [-0.4, -0.2) is 25.8 Å². The maximum absolute atomic E-state index is 11.9. The van der Waals surface area contributed by atoms with Gasteiger partial charge in [0.05, 0.1) is 25.4 Å². The maximum atomic E-state index is 11.9. The van der Waals surface area contributed by atoms with Gasteiger partial charge in [0.2, 0.25) is 0 Å². The first kappa shape index (κ1) is 15.3. The topological polar surface area (TPSA) is 44.8 Å². The van der Waals surface area contributed by atoms with Gasteiger partial charge in [-0.25, -0.2) is 4.79 Å². The predicted octanol–water partition coefficient (Wildman–Crippen LogP) is 3.30. The van der Waals surface area contributed by atoms with Crippen LogP contribution in [0.1, 0.15) is 38.1 Å². The number of esters is 1. The molecule has 0 aliphatic carbocycles. The van der Waals surface area contributed by atoms with Gasteiger partial charge in [0.15, 0.2) is 0 Å². The SMILES string of the molecule is CCOc1cc(OCC)cc(C(=O)OCC(C)C)c1. The summed E-state index contributed by atoms with van der Waals surface area (Å²) in [5.74, 6) is 1.19. The first-order valence-electron chi connectivity index (χ1n) is 6.64. The molecule has 0 fully saturated rings. The van der Waals surface area contributed by atoms with E-state index in [1.54, 1.807) is 18.2 Å². The number of rotatable bonds is 7. The Morgan fingerprint density at radius 3 is 2.00 bits per heavy atom. The smallest absolute Gasteiger partial charge is 0.338 e. The van der Waals surface area contributed by atoms with Gasteiger partial charge in [0.1, 0.15) is 11.5 Å². The van der Waals surface area contributed by atoms with E-state index >= 15 is 0 Å². The van der Waals surface area contributed by atoms with Crippen LogP contribution in [0.4, 0.5) is 0 Å². The molecule has 0 aliphatic heterocycles. The Labute approximate surface area is 114 Å². The quantitative estimate of drug-likeness (QED) is 0.710. The predicted molar refractivity (Wildman–Crippen MR) is 73.9 cm³/mol. The molecule has 0 aliphatic rings. The standard InChI is InChI=1S/C15H22O4/c1-5-17-13-7-12(8-14(9-13)18-6-2)15(16)19-10-11(3)4/h7-9,11H,5-6,10H2,1-4H3. The molecule has 0 amide bonds. The van der Waals surface area contributed by atoms with Gasteiger partial charge < -0.3 is 14.2 Å². The molecule has 106 valence electrons. The van der Waals surface area contributed by atoms with Gasteiger partial charge in [0, 0.05) is 6.07 Å². The lowest BCUT2D eigenvalue weighted by Crippen LogP contribution is -2.10. The normalized spacial score (nSPS) is 10.4. The third-order valence-corrected chi connectivity index (χ3v) is 2.29. The molecule has 0 saturated carbocycles. The summed E-state index contributed by atoms with van der Waals surface area (Å²) in [6.45, 7) is 9.26. The highest BCUT2D eigenvalue weighted by atomic mass is 16.5. The summed E-state index contributed by atoms with van der Waals surface area (Å²) < 4.78 is 16.0. The number of carbonyl (C=O) groups is 1. The molecule has 0 atom stereocenters. The minimum Gasteiger partial charge on any atom is -0.494 e. The molecule has 1 aromatic carbocycles. The van der Waals surface area contributed by atoms with E-state index in [0.29, 0.717) is 42.8 Å². The van der Waals surface area contributed by atoms with E-state index in [1.165, 1.54) is 0 Å². The molecule has 0 aromatic heterocycles. The van der Waals surface area contributed by atoms with Crippen molar-refractivity contribution in [1.29, 1.82) is 0 Å².